The van der Waals surface area contributed by atoms with Crippen LogP contribution in [0.4, 0.5) is 0 Å². The van der Waals surface area contributed by atoms with Gasteiger partial charge in [0, 0.05) is 32.7 Å². The van der Waals surface area contributed by atoms with Gasteiger partial charge in [0.05, 0.1) is 7.11 Å². The average molecular weight is 271 g/mol. The number of rotatable bonds is 7. The molecule has 1 fully saturated rings. The molecule has 1 unspecified atom stereocenters. The van der Waals surface area contributed by atoms with Gasteiger partial charge in [-0.15, -0.1) is 0 Å². The zero-order valence-electron chi connectivity index (χ0n) is 12.9. The van der Waals surface area contributed by atoms with Gasteiger partial charge in [-0.1, -0.05) is 13.8 Å². The van der Waals surface area contributed by atoms with Gasteiger partial charge in [-0.25, -0.2) is 0 Å². The van der Waals surface area contributed by atoms with Gasteiger partial charge < -0.3 is 19.9 Å². The van der Waals surface area contributed by atoms with E-state index in [4.69, 9.17) is 4.74 Å². The van der Waals surface area contributed by atoms with Crippen molar-refractivity contribution in [1.29, 1.82) is 0 Å². The summed E-state index contributed by atoms with van der Waals surface area (Å²) in [5, 5.41) is 3.26. The van der Waals surface area contributed by atoms with Crippen molar-refractivity contribution in [2.45, 2.75) is 32.7 Å². The SMILES string of the molecule is CCNC(C)(CCN1CCN(CC)CC1)C(=O)OC. The van der Waals surface area contributed by atoms with E-state index in [9.17, 15) is 4.79 Å². The molecule has 0 saturated carbocycles. The molecule has 1 saturated heterocycles. The van der Waals surface area contributed by atoms with Crippen LogP contribution in [0.5, 0.6) is 0 Å². The highest BCUT2D eigenvalue weighted by molar-refractivity contribution is 5.80. The number of carbonyl (C=O) groups excluding carboxylic acids is 1. The molecule has 1 atom stereocenters. The molecule has 1 rings (SSSR count). The Bertz CT molecular complexity index is 278. The van der Waals surface area contributed by atoms with Gasteiger partial charge >= 0.3 is 5.97 Å². The lowest BCUT2D eigenvalue weighted by molar-refractivity contribution is -0.148. The van der Waals surface area contributed by atoms with Crippen molar-refractivity contribution >= 4 is 5.97 Å². The molecule has 0 aliphatic carbocycles. The first-order chi connectivity index (χ1) is 9.05. The molecular formula is C14H29N3O2. The topological polar surface area (TPSA) is 44.8 Å². The first-order valence-corrected chi connectivity index (χ1v) is 7.34. The van der Waals surface area contributed by atoms with Crippen LogP contribution in [0.2, 0.25) is 0 Å². The van der Waals surface area contributed by atoms with Crippen molar-refractivity contribution in [2.24, 2.45) is 0 Å². The summed E-state index contributed by atoms with van der Waals surface area (Å²) in [6, 6.07) is 0. The molecule has 0 aromatic heterocycles. The summed E-state index contributed by atoms with van der Waals surface area (Å²) in [5.74, 6) is -0.165. The number of methoxy groups -OCH3 is 1. The summed E-state index contributed by atoms with van der Waals surface area (Å²) >= 11 is 0. The molecule has 0 aromatic rings. The summed E-state index contributed by atoms with van der Waals surface area (Å²) in [4.78, 5) is 16.8. The van der Waals surface area contributed by atoms with Gasteiger partial charge in [0.15, 0.2) is 0 Å². The van der Waals surface area contributed by atoms with E-state index in [0.29, 0.717) is 0 Å². The minimum Gasteiger partial charge on any atom is -0.468 e. The first kappa shape index (κ1) is 16.4. The van der Waals surface area contributed by atoms with Gasteiger partial charge in [-0.2, -0.15) is 0 Å². The summed E-state index contributed by atoms with van der Waals surface area (Å²) in [5.41, 5.74) is -0.564. The molecule has 0 aromatic carbocycles. The Kier molecular flexibility index (Phi) is 6.75. The Hall–Kier alpha value is -0.650. The number of nitrogens with one attached hydrogen (secondary N) is 1. The zero-order chi connectivity index (χ0) is 14.3. The normalized spacial score (nSPS) is 21.1. The van der Waals surface area contributed by atoms with E-state index in [2.05, 4.69) is 22.0 Å². The van der Waals surface area contributed by atoms with E-state index in [-0.39, 0.29) is 5.97 Å². The third-order valence-electron chi connectivity index (χ3n) is 4.04. The maximum atomic E-state index is 11.9. The van der Waals surface area contributed by atoms with Crippen molar-refractivity contribution in [1.82, 2.24) is 15.1 Å². The van der Waals surface area contributed by atoms with E-state index in [1.54, 1.807) is 0 Å². The highest BCUT2D eigenvalue weighted by atomic mass is 16.5. The van der Waals surface area contributed by atoms with Crippen LogP contribution in [0, 0.1) is 0 Å². The van der Waals surface area contributed by atoms with Gasteiger partial charge in [0.1, 0.15) is 5.54 Å². The van der Waals surface area contributed by atoms with Crippen LogP contribution in [0.1, 0.15) is 27.2 Å². The molecule has 5 nitrogen and oxygen atoms in total. The third kappa shape index (κ3) is 4.75. The number of hydrogen-bond donors (Lipinski definition) is 1. The second-order valence-corrected chi connectivity index (χ2v) is 5.38. The highest BCUT2D eigenvalue weighted by Crippen LogP contribution is 2.14. The number of likely N-dealkylation sites (N-methyl/N-ethyl adjacent to an activating group) is 2. The Labute approximate surface area is 117 Å². The summed E-state index contributed by atoms with van der Waals surface area (Å²) in [6.07, 6.45) is 0.791. The fourth-order valence-corrected chi connectivity index (χ4v) is 2.59. The van der Waals surface area contributed by atoms with Crippen molar-refractivity contribution in [3.05, 3.63) is 0 Å². The van der Waals surface area contributed by atoms with Gasteiger partial charge in [-0.05, 0) is 26.4 Å². The monoisotopic (exact) mass is 271 g/mol. The molecule has 1 heterocycles. The number of hydrogen-bond acceptors (Lipinski definition) is 5. The molecule has 0 bridgehead atoms. The summed E-state index contributed by atoms with van der Waals surface area (Å²) < 4.78 is 4.91. The maximum Gasteiger partial charge on any atom is 0.325 e. The molecule has 0 amide bonds. The molecule has 5 heteroatoms. The number of ether oxygens (including phenoxy) is 1. The molecular weight excluding hydrogens is 242 g/mol. The lowest BCUT2D eigenvalue weighted by atomic mass is 9.97. The second kappa shape index (κ2) is 7.82. The lowest BCUT2D eigenvalue weighted by Gasteiger charge is -2.36. The predicted molar refractivity (Wildman–Crippen MR) is 77.3 cm³/mol. The van der Waals surface area contributed by atoms with E-state index in [1.165, 1.54) is 7.11 Å². The van der Waals surface area contributed by atoms with E-state index in [1.807, 2.05) is 13.8 Å². The van der Waals surface area contributed by atoms with Crippen LogP contribution in [-0.2, 0) is 9.53 Å². The predicted octanol–water partition coefficient (Wildman–Crippen LogP) is 0.555. The van der Waals surface area contributed by atoms with Crippen LogP contribution in [0.15, 0.2) is 0 Å². The maximum absolute atomic E-state index is 11.9. The fourth-order valence-electron chi connectivity index (χ4n) is 2.59. The molecule has 0 radical (unpaired) electrons. The quantitative estimate of drug-likeness (QED) is 0.685. The number of esters is 1. The summed E-state index contributed by atoms with van der Waals surface area (Å²) in [6.45, 7) is 13.4. The van der Waals surface area contributed by atoms with Crippen LogP contribution >= 0.6 is 0 Å². The third-order valence-corrected chi connectivity index (χ3v) is 4.04. The molecule has 1 aliphatic rings. The molecule has 112 valence electrons. The minimum absolute atomic E-state index is 0.165. The van der Waals surface area contributed by atoms with E-state index < -0.39 is 5.54 Å². The van der Waals surface area contributed by atoms with Crippen LogP contribution in [-0.4, -0.2) is 74.2 Å². The van der Waals surface area contributed by atoms with Crippen molar-refractivity contribution in [3.63, 3.8) is 0 Å². The van der Waals surface area contributed by atoms with Gasteiger partial charge in [0.25, 0.3) is 0 Å². The number of nitrogens with zero attached hydrogens (tertiary/aromatic N) is 2. The highest BCUT2D eigenvalue weighted by Gasteiger charge is 2.33. The van der Waals surface area contributed by atoms with Gasteiger partial charge in [-0.3, -0.25) is 4.79 Å². The molecule has 0 spiro atoms. The van der Waals surface area contributed by atoms with Crippen LogP contribution < -0.4 is 5.32 Å². The standard InChI is InChI=1S/C14H29N3O2/c1-5-15-14(3,13(18)19-4)7-8-17-11-9-16(6-2)10-12-17/h15H,5-12H2,1-4H3. The first-order valence-electron chi connectivity index (χ1n) is 7.34. The minimum atomic E-state index is -0.564. The Balaban J connectivity index is 2.42. The smallest absolute Gasteiger partial charge is 0.325 e. The second-order valence-electron chi connectivity index (χ2n) is 5.38. The van der Waals surface area contributed by atoms with Crippen molar-refractivity contribution < 1.29 is 9.53 Å². The molecule has 1 N–H and O–H groups in total. The van der Waals surface area contributed by atoms with Crippen molar-refractivity contribution in [3.8, 4) is 0 Å². The largest absolute Gasteiger partial charge is 0.468 e. The van der Waals surface area contributed by atoms with Crippen LogP contribution in [0.25, 0.3) is 0 Å². The summed E-state index contributed by atoms with van der Waals surface area (Å²) in [7, 11) is 1.46. The van der Waals surface area contributed by atoms with E-state index >= 15 is 0 Å². The lowest BCUT2D eigenvalue weighted by Crippen LogP contribution is -2.53. The number of piperazine rings is 1. The van der Waals surface area contributed by atoms with E-state index in [0.717, 1.165) is 52.2 Å². The Morgan fingerprint density at radius 2 is 1.79 bits per heavy atom. The fraction of sp³-hybridized carbons (Fsp3) is 0.929. The average Bonchev–Trinajstić information content (AvgIpc) is 2.45. The zero-order valence-corrected chi connectivity index (χ0v) is 12.9. The molecule has 19 heavy (non-hydrogen) atoms. The van der Waals surface area contributed by atoms with Crippen LogP contribution in [0.3, 0.4) is 0 Å². The van der Waals surface area contributed by atoms with Gasteiger partial charge in [0.2, 0.25) is 0 Å². The van der Waals surface area contributed by atoms with Crippen molar-refractivity contribution in [2.75, 3.05) is 52.9 Å². The Morgan fingerprint density at radius 1 is 1.21 bits per heavy atom. The number of carbonyl (C=O) groups is 1. The molecule has 1 aliphatic heterocycles. The Morgan fingerprint density at radius 3 is 2.26 bits per heavy atom.